The minimum absolute atomic E-state index is 0.0132. The van der Waals surface area contributed by atoms with E-state index in [4.69, 9.17) is 19.3 Å². The number of hydrogen-bond donors (Lipinski definition) is 3. The molecule has 1 aromatic carbocycles. The maximum Gasteiger partial charge on any atom is 0.303 e. The first-order valence-corrected chi connectivity index (χ1v) is 11.1. The lowest BCUT2D eigenvalue weighted by molar-refractivity contribution is -0.137. The Balaban J connectivity index is 1.49. The van der Waals surface area contributed by atoms with Gasteiger partial charge in [-0.15, -0.1) is 0 Å². The van der Waals surface area contributed by atoms with Crippen LogP contribution in [0.15, 0.2) is 36.4 Å². The number of carbonyl (C=O) groups is 1. The third-order valence-corrected chi connectivity index (χ3v) is 6.36. The molecule has 0 amide bonds. The van der Waals surface area contributed by atoms with Crippen molar-refractivity contribution in [2.45, 2.75) is 56.8 Å². The lowest BCUT2D eigenvalue weighted by atomic mass is 9.86. The lowest BCUT2D eigenvalue weighted by Crippen LogP contribution is -2.22. The summed E-state index contributed by atoms with van der Waals surface area (Å²) >= 11 is 0. The summed E-state index contributed by atoms with van der Waals surface area (Å²) in [5.41, 5.74) is 0. The van der Waals surface area contributed by atoms with E-state index in [0.29, 0.717) is 36.9 Å². The monoisotopic (exact) mass is 434 g/mol. The molecule has 172 valence electrons. The molecule has 2 aliphatic rings. The third-order valence-electron chi connectivity index (χ3n) is 6.36. The predicted octanol–water partition coefficient (Wildman–Crippen LogP) is 3.04. The minimum Gasteiger partial charge on any atom is -0.497 e. The topological polar surface area (TPSA) is 105 Å². The minimum atomic E-state index is -0.784. The molecule has 1 aliphatic carbocycles. The van der Waals surface area contributed by atoms with Crippen LogP contribution in [-0.2, 0) is 9.53 Å². The number of ether oxygens (including phenoxy) is 3. The standard InChI is InChI=1S/C24H34O7/c1-29-18-5-3-6-19(12-18)30-15-17(25)9-11-20-21-10-8-16(4-2-7-24(27)28)14-31-23(21)13-22(20)26/h3,5-6,9,11-12,16-17,20-23,25-26H,2,4,7-8,10,13-15H2,1H3,(H,27,28)/b11-9+/t16-,17+,20+,21+,22+,23-/m0/s1. The lowest BCUT2D eigenvalue weighted by Gasteiger charge is -2.21. The molecule has 0 radical (unpaired) electrons. The zero-order chi connectivity index (χ0) is 22.2. The molecule has 0 bridgehead atoms. The number of aliphatic hydroxyl groups excluding tert-OH is 2. The van der Waals surface area contributed by atoms with Crippen molar-refractivity contribution < 1.29 is 34.3 Å². The van der Waals surface area contributed by atoms with Crippen LogP contribution in [0.4, 0.5) is 0 Å². The van der Waals surface area contributed by atoms with Crippen molar-refractivity contribution in [1.29, 1.82) is 0 Å². The van der Waals surface area contributed by atoms with Gasteiger partial charge in [0.05, 0.1) is 19.3 Å². The second-order valence-corrected chi connectivity index (χ2v) is 8.59. The Morgan fingerprint density at radius 1 is 1.32 bits per heavy atom. The Morgan fingerprint density at radius 2 is 2.13 bits per heavy atom. The Hall–Kier alpha value is -2.09. The van der Waals surface area contributed by atoms with E-state index >= 15 is 0 Å². The largest absolute Gasteiger partial charge is 0.497 e. The predicted molar refractivity (Wildman–Crippen MR) is 115 cm³/mol. The van der Waals surface area contributed by atoms with Gasteiger partial charge < -0.3 is 29.5 Å². The highest BCUT2D eigenvalue weighted by Gasteiger charge is 2.43. The van der Waals surface area contributed by atoms with E-state index in [1.54, 1.807) is 25.3 Å². The van der Waals surface area contributed by atoms with E-state index in [2.05, 4.69) is 0 Å². The van der Waals surface area contributed by atoms with Crippen LogP contribution in [0.5, 0.6) is 11.5 Å². The van der Waals surface area contributed by atoms with Gasteiger partial charge in [0.15, 0.2) is 0 Å². The summed E-state index contributed by atoms with van der Waals surface area (Å²) in [6.45, 7) is 0.740. The fourth-order valence-corrected chi connectivity index (χ4v) is 4.67. The number of hydrogen-bond acceptors (Lipinski definition) is 6. The van der Waals surface area contributed by atoms with Gasteiger partial charge in [-0.05, 0) is 49.7 Å². The quantitative estimate of drug-likeness (QED) is 0.486. The van der Waals surface area contributed by atoms with Crippen LogP contribution in [0.1, 0.15) is 38.5 Å². The normalized spacial score (nSPS) is 29.3. The maximum atomic E-state index is 10.7. The molecule has 1 aromatic rings. The summed E-state index contributed by atoms with van der Waals surface area (Å²) < 4.78 is 16.9. The summed E-state index contributed by atoms with van der Waals surface area (Å²) in [4.78, 5) is 10.7. The Morgan fingerprint density at radius 3 is 2.90 bits per heavy atom. The molecule has 7 heteroatoms. The summed E-state index contributed by atoms with van der Waals surface area (Å²) in [6.07, 6.45) is 6.58. The Kier molecular flexibility index (Phi) is 8.75. The number of aliphatic hydroxyl groups is 2. The molecular weight excluding hydrogens is 400 g/mol. The average Bonchev–Trinajstić information content (AvgIpc) is 2.92. The number of benzene rings is 1. The van der Waals surface area contributed by atoms with Crippen molar-refractivity contribution in [2.75, 3.05) is 20.3 Å². The molecule has 3 rings (SSSR count). The third kappa shape index (κ3) is 6.95. The number of methoxy groups -OCH3 is 1. The van der Waals surface area contributed by atoms with Crippen LogP contribution in [0, 0.1) is 17.8 Å². The number of rotatable bonds is 10. The second kappa shape index (κ2) is 11.5. The van der Waals surface area contributed by atoms with Gasteiger partial charge in [0, 0.05) is 31.4 Å². The highest BCUT2D eigenvalue weighted by Crippen LogP contribution is 2.42. The van der Waals surface area contributed by atoms with E-state index < -0.39 is 18.2 Å². The Labute approximate surface area is 183 Å². The van der Waals surface area contributed by atoms with Gasteiger partial charge in [0.25, 0.3) is 0 Å². The van der Waals surface area contributed by atoms with Crippen LogP contribution in [0.2, 0.25) is 0 Å². The van der Waals surface area contributed by atoms with E-state index in [9.17, 15) is 15.0 Å². The average molecular weight is 435 g/mol. The second-order valence-electron chi connectivity index (χ2n) is 8.59. The number of carboxylic acid groups (broad SMARTS) is 1. The fourth-order valence-electron chi connectivity index (χ4n) is 4.67. The van der Waals surface area contributed by atoms with Crippen LogP contribution >= 0.6 is 0 Å². The number of carboxylic acids is 1. The van der Waals surface area contributed by atoms with E-state index in [-0.39, 0.29) is 31.0 Å². The van der Waals surface area contributed by atoms with Crippen LogP contribution in [-0.4, -0.2) is 59.9 Å². The highest BCUT2D eigenvalue weighted by molar-refractivity contribution is 5.66. The van der Waals surface area contributed by atoms with E-state index in [1.807, 2.05) is 18.2 Å². The Bertz CT molecular complexity index is 734. The van der Waals surface area contributed by atoms with Crippen molar-refractivity contribution in [1.82, 2.24) is 0 Å². The van der Waals surface area contributed by atoms with Crippen molar-refractivity contribution in [2.24, 2.45) is 17.8 Å². The highest BCUT2D eigenvalue weighted by atomic mass is 16.5. The van der Waals surface area contributed by atoms with Gasteiger partial charge in [-0.1, -0.05) is 18.2 Å². The molecule has 0 spiro atoms. The molecular formula is C24H34O7. The first-order chi connectivity index (χ1) is 15.0. The summed E-state index contributed by atoms with van der Waals surface area (Å²) in [5.74, 6) is 1.08. The van der Waals surface area contributed by atoms with Crippen molar-refractivity contribution in [3.63, 3.8) is 0 Å². The molecule has 1 aliphatic heterocycles. The van der Waals surface area contributed by atoms with E-state index in [1.165, 1.54) is 0 Å². The van der Waals surface area contributed by atoms with Crippen LogP contribution in [0.25, 0.3) is 0 Å². The van der Waals surface area contributed by atoms with Crippen LogP contribution < -0.4 is 9.47 Å². The zero-order valence-electron chi connectivity index (χ0n) is 18.1. The van der Waals surface area contributed by atoms with Gasteiger partial charge in [0.2, 0.25) is 0 Å². The molecule has 1 saturated carbocycles. The number of aliphatic carboxylic acids is 1. The molecule has 2 fully saturated rings. The molecule has 3 N–H and O–H groups in total. The summed E-state index contributed by atoms with van der Waals surface area (Å²) in [5, 5.41) is 29.7. The van der Waals surface area contributed by atoms with Crippen molar-refractivity contribution in [3.8, 4) is 11.5 Å². The first kappa shape index (κ1) is 23.6. The first-order valence-electron chi connectivity index (χ1n) is 11.1. The molecule has 6 atom stereocenters. The molecule has 0 unspecified atom stereocenters. The number of fused-ring (bicyclic) bond motifs is 1. The van der Waals surface area contributed by atoms with Crippen LogP contribution in [0.3, 0.4) is 0 Å². The molecule has 7 nitrogen and oxygen atoms in total. The molecule has 1 saturated heterocycles. The SMILES string of the molecule is COc1cccc(OC[C@H](O)/C=C/[C@@H]2[C@H]3CC[C@H](CCCC(=O)O)CO[C@H]3C[C@H]2O)c1. The van der Waals surface area contributed by atoms with Gasteiger partial charge in [-0.2, -0.15) is 0 Å². The fraction of sp³-hybridized carbons (Fsp3) is 0.625. The molecule has 0 aromatic heterocycles. The summed E-state index contributed by atoms with van der Waals surface area (Å²) in [6, 6.07) is 7.22. The van der Waals surface area contributed by atoms with Gasteiger partial charge in [-0.25, -0.2) is 0 Å². The zero-order valence-corrected chi connectivity index (χ0v) is 18.1. The van der Waals surface area contributed by atoms with Gasteiger partial charge >= 0.3 is 5.97 Å². The van der Waals surface area contributed by atoms with Gasteiger partial charge in [0.1, 0.15) is 24.2 Å². The van der Waals surface area contributed by atoms with Crippen molar-refractivity contribution >= 4 is 5.97 Å². The molecule has 31 heavy (non-hydrogen) atoms. The van der Waals surface area contributed by atoms with Gasteiger partial charge in [-0.3, -0.25) is 4.79 Å². The summed E-state index contributed by atoms with van der Waals surface area (Å²) in [7, 11) is 1.59. The molecule has 1 heterocycles. The van der Waals surface area contributed by atoms with E-state index in [0.717, 1.165) is 19.3 Å². The maximum absolute atomic E-state index is 10.7. The van der Waals surface area contributed by atoms with Crippen molar-refractivity contribution in [3.05, 3.63) is 36.4 Å². The smallest absolute Gasteiger partial charge is 0.303 e.